The Morgan fingerprint density at radius 2 is 1.91 bits per heavy atom. The zero-order chi connectivity index (χ0) is 16.6. The first-order valence-electron chi connectivity index (χ1n) is 6.88. The number of aromatic nitrogens is 1. The number of hydrogen-bond acceptors (Lipinski definition) is 1. The molecule has 2 nitrogen and oxygen atoms in total. The molecule has 0 saturated carbocycles. The fourth-order valence-corrected chi connectivity index (χ4v) is 2.81. The van der Waals surface area contributed by atoms with Crippen molar-refractivity contribution in [3.05, 3.63) is 64.3 Å². The minimum Gasteiger partial charge on any atom is -0.497 e. The molecule has 0 radical (unpaired) electrons. The summed E-state index contributed by atoms with van der Waals surface area (Å²) in [7, 11) is 1.57. The molecule has 0 aliphatic rings. The van der Waals surface area contributed by atoms with Crippen LogP contribution in [-0.4, -0.2) is 12.1 Å². The van der Waals surface area contributed by atoms with Crippen molar-refractivity contribution in [1.29, 1.82) is 0 Å². The lowest BCUT2D eigenvalue weighted by atomic mass is 10.1. The molecule has 2 aromatic carbocycles. The molecule has 0 amide bonds. The molecule has 0 atom stereocenters. The Kier molecular flexibility index (Phi) is 3.98. The van der Waals surface area contributed by atoms with Gasteiger partial charge in [0, 0.05) is 22.5 Å². The molecule has 1 N–H and O–H groups in total. The molecule has 0 aliphatic heterocycles. The fourth-order valence-electron chi connectivity index (χ4n) is 2.59. The van der Waals surface area contributed by atoms with Crippen molar-refractivity contribution in [2.24, 2.45) is 0 Å². The van der Waals surface area contributed by atoms with Gasteiger partial charge in [-0.25, -0.2) is 0 Å². The number of rotatable bonds is 3. The first kappa shape index (κ1) is 15.7. The fraction of sp³-hybridized carbons (Fsp3) is 0.176. The van der Waals surface area contributed by atoms with Gasteiger partial charge in [-0.2, -0.15) is 13.2 Å². The van der Waals surface area contributed by atoms with E-state index in [2.05, 4.69) is 4.98 Å². The number of nitrogens with one attached hydrogen (secondary N) is 1. The smallest absolute Gasteiger partial charge is 0.418 e. The van der Waals surface area contributed by atoms with Crippen LogP contribution in [0.1, 0.15) is 16.8 Å². The number of fused-ring (bicyclic) bond motifs is 1. The molecule has 0 unspecified atom stereocenters. The third-order valence-corrected chi connectivity index (χ3v) is 3.80. The Morgan fingerprint density at radius 1 is 1.13 bits per heavy atom. The summed E-state index contributed by atoms with van der Waals surface area (Å²) in [6, 6.07) is 11.6. The van der Waals surface area contributed by atoms with Gasteiger partial charge in [-0.05, 0) is 35.9 Å². The third kappa shape index (κ3) is 3.29. The predicted octanol–water partition coefficient (Wildman–Crippen LogP) is 5.44. The van der Waals surface area contributed by atoms with Crippen LogP contribution in [0.2, 0.25) is 5.02 Å². The number of alkyl halides is 3. The average molecular weight is 340 g/mol. The van der Waals surface area contributed by atoms with Gasteiger partial charge in [-0.15, -0.1) is 0 Å². The van der Waals surface area contributed by atoms with E-state index in [0.29, 0.717) is 23.3 Å². The molecule has 0 bridgehead atoms. The van der Waals surface area contributed by atoms with Crippen molar-refractivity contribution in [3.63, 3.8) is 0 Å². The Hall–Kier alpha value is -2.14. The number of halogens is 4. The van der Waals surface area contributed by atoms with Crippen LogP contribution < -0.4 is 4.74 Å². The van der Waals surface area contributed by atoms with Crippen LogP contribution in [0, 0.1) is 0 Å². The van der Waals surface area contributed by atoms with Crippen molar-refractivity contribution >= 4 is 22.5 Å². The van der Waals surface area contributed by atoms with Crippen molar-refractivity contribution < 1.29 is 17.9 Å². The van der Waals surface area contributed by atoms with Crippen LogP contribution in [0.5, 0.6) is 5.75 Å². The standard InChI is InChI=1S/C17H13ClF3NO/c1-23-14-4-2-3-10(6-14)5-13-8-11-7-12(18)9-15(16(11)22-13)17(19,20)21/h2-4,6-9,22H,5H2,1H3. The van der Waals surface area contributed by atoms with E-state index in [4.69, 9.17) is 16.3 Å². The first-order valence-corrected chi connectivity index (χ1v) is 7.26. The lowest BCUT2D eigenvalue weighted by Crippen LogP contribution is -2.05. The highest BCUT2D eigenvalue weighted by Crippen LogP contribution is 2.37. The van der Waals surface area contributed by atoms with Crippen LogP contribution in [-0.2, 0) is 12.6 Å². The molecular formula is C17H13ClF3NO. The van der Waals surface area contributed by atoms with Crippen LogP contribution in [0.15, 0.2) is 42.5 Å². The number of H-pyrrole nitrogens is 1. The van der Waals surface area contributed by atoms with E-state index in [1.54, 1.807) is 13.2 Å². The van der Waals surface area contributed by atoms with Gasteiger partial charge < -0.3 is 9.72 Å². The number of benzene rings is 2. The van der Waals surface area contributed by atoms with Crippen molar-refractivity contribution in [2.75, 3.05) is 7.11 Å². The molecule has 0 spiro atoms. The van der Waals surface area contributed by atoms with Gasteiger partial charge in [0.25, 0.3) is 0 Å². The molecule has 23 heavy (non-hydrogen) atoms. The van der Waals surface area contributed by atoms with Crippen LogP contribution in [0.25, 0.3) is 10.9 Å². The maximum Gasteiger partial charge on any atom is 0.418 e. The van der Waals surface area contributed by atoms with E-state index >= 15 is 0 Å². The summed E-state index contributed by atoms with van der Waals surface area (Å²) >= 11 is 5.81. The molecule has 0 saturated heterocycles. The summed E-state index contributed by atoms with van der Waals surface area (Å²) in [6.45, 7) is 0. The molecule has 1 heterocycles. The zero-order valence-electron chi connectivity index (χ0n) is 12.2. The molecule has 6 heteroatoms. The van der Waals surface area contributed by atoms with Gasteiger partial charge in [0.15, 0.2) is 0 Å². The van der Waals surface area contributed by atoms with Gasteiger partial charge in [-0.1, -0.05) is 23.7 Å². The quantitative estimate of drug-likeness (QED) is 0.675. The summed E-state index contributed by atoms with van der Waals surface area (Å²) in [5, 5.41) is 0.513. The van der Waals surface area contributed by atoms with Crippen LogP contribution >= 0.6 is 11.6 Å². The average Bonchev–Trinajstić information content (AvgIpc) is 2.87. The Bertz CT molecular complexity index is 855. The Balaban J connectivity index is 2.03. The Labute approximate surface area is 135 Å². The first-order chi connectivity index (χ1) is 10.9. The molecule has 3 aromatic rings. The molecule has 0 fully saturated rings. The summed E-state index contributed by atoms with van der Waals surface area (Å²) in [5.41, 5.74) is 0.924. The largest absolute Gasteiger partial charge is 0.497 e. The third-order valence-electron chi connectivity index (χ3n) is 3.58. The maximum atomic E-state index is 13.1. The molecular weight excluding hydrogens is 327 g/mol. The molecule has 0 aliphatic carbocycles. The summed E-state index contributed by atoms with van der Waals surface area (Å²) in [5.74, 6) is 0.706. The highest BCUT2D eigenvalue weighted by Gasteiger charge is 2.33. The van der Waals surface area contributed by atoms with Crippen LogP contribution in [0.3, 0.4) is 0 Å². The van der Waals surface area contributed by atoms with Crippen molar-refractivity contribution in [1.82, 2.24) is 4.98 Å². The lowest BCUT2D eigenvalue weighted by molar-refractivity contribution is -0.136. The van der Waals surface area contributed by atoms with Gasteiger partial charge >= 0.3 is 6.18 Å². The Morgan fingerprint density at radius 3 is 2.61 bits per heavy atom. The van der Waals surface area contributed by atoms with E-state index in [-0.39, 0.29) is 10.5 Å². The van der Waals surface area contributed by atoms with E-state index < -0.39 is 11.7 Å². The highest BCUT2D eigenvalue weighted by atomic mass is 35.5. The second-order valence-corrected chi connectivity index (χ2v) is 5.67. The monoisotopic (exact) mass is 339 g/mol. The SMILES string of the molecule is COc1cccc(Cc2cc3cc(Cl)cc(C(F)(F)F)c3[nH]2)c1. The number of hydrogen-bond donors (Lipinski definition) is 1. The normalized spacial score (nSPS) is 11.9. The summed E-state index contributed by atoms with van der Waals surface area (Å²) in [6.07, 6.45) is -3.98. The number of ether oxygens (including phenoxy) is 1. The van der Waals surface area contributed by atoms with Crippen LogP contribution in [0.4, 0.5) is 13.2 Å². The minimum absolute atomic E-state index is 0.0554. The second-order valence-electron chi connectivity index (χ2n) is 5.24. The lowest BCUT2D eigenvalue weighted by Gasteiger charge is -2.08. The molecule has 1 aromatic heterocycles. The number of methoxy groups -OCH3 is 1. The molecule has 3 rings (SSSR count). The topological polar surface area (TPSA) is 25.0 Å². The van der Waals surface area contributed by atoms with E-state index in [9.17, 15) is 13.2 Å². The van der Waals surface area contributed by atoms with Gasteiger partial charge in [-0.3, -0.25) is 0 Å². The maximum absolute atomic E-state index is 13.1. The van der Waals surface area contributed by atoms with Gasteiger partial charge in [0.1, 0.15) is 5.75 Å². The summed E-state index contributed by atoms with van der Waals surface area (Å²) < 4.78 is 44.6. The number of aromatic amines is 1. The minimum atomic E-state index is -4.46. The van der Waals surface area contributed by atoms with E-state index in [0.717, 1.165) is 11.6 Å². The van der Waals surface area contributed by atoms with E-state index in [1.165, 1.54) is 6.07 Å². The summed E-state index contributed by atoms with van der Waals surface area (Å²) in [4.78, 5) is 2.86. The van der Waals surface area contributed by atoms with Gasteiger partial charge in [0.05, 0.1) is 18.2 Å². The van der Waals surface area contributed by atoms with Gasteiger partial charge in [0.2, 0.25) is 0 Å². The zero-order valence-corrected chi connectivity index (χ0v) is 12.9. The van der Waals surface area contributed by atoms with E-state index in [1.807, 2.05) is 24.3 Å². The predicted molar refractivity (Wildman–Crippen MR) is 84.1 cm³/mol. The van der Waals surface area contributed by atoms with Crippen molar-refractivity contribution in [3.8, 4) is 5.75 Å². The highest BCUT2D eigenvalue weighted by molar-refractivity contribution is 6.31. The second kappa shape index (κ2) is 5.81. The molecule has 120 valence electrons. The van der Waals surface area contributed by atoms with Crippen molar-refractivity contribution in [2.45, 2.75) is 12.6 Å².